The van der Waals surface area contributed by atoms with Gasteiger partial charge in [0.2, 0.25) is 0 Å². The molecular formula is C43H60O16Si. The smallest absolute Gasteiger partial charge is 0.303 e. The summed E-state index contributed by atoms with van der Waals surface area (Å²) in [6.07, 6.45) is -12.8. The molecule has 0 amide bonds. The molecule has 2 aromatic carbocycles. The predicted molar refractivity (Wildman–Crippen MR) is 215 cm³/mol. The van der Waals surface area contributed by atoms with E-state index < -0.39 is 112 Å². The van der Waals surface area contributed by atoms with E-state index in [-0.39, 0.29) is 19.8 Å². The first-order valence-corrected chi connectivity index (χ1v) is 24.0. The van der Waals surface area contributed by atoms with Crippen LogP contribution in [0.1, 0.15) is 52.7 Å². The number of ether oxygens (including phenoxy) is 12. The molecule has 3 saturated heterocycles. The molecule has 0 spiro atoms. The summed E-state index contributed by atoms with van der Waals surface area (Å²) in [5, 5.41) is 0. The molecule has 3 aliphatic rings. The molecule has 3 heterocycles. The first-order chi connectivity index (χ1) is 28.4. The lowest BCUT2D eigenvalue weighted by Gasteiger charge is -2.48. The van der Waals surface area contributed by atoms with Gasteiger partial charge in [-0.2, -0.15) is 0 Å². The maximum absolute atomic E-state index is 12.7. The molecule has 17 heteroatoms. The molecule has 3 fully saturated rings. The molecule has 0 bridgehead atoms. The van der Waals surface area contributed by atoms with E-state index in [2.05, 4.69) is 19.6 Å². The van der Waals surface area contributed by atoms with Crippen molar-refractivity contribution in [2.45, 2.75) is 154 Å². The average Bonchev–Trinajstić information content (AvgIpc) is 3.50. The Kier molecular flexibility index (Phi) is 16.8. The Bertz CT molecular complexity index is 1700. The highest BCUT2D eigenvalue weighted by molar-refractivity contribution is 6.76. The van der Waals surface area contributed by atoms with Gasteiger partial charge in [0, 0.05) is 42.4 Å². The minimum Gasteiger partial charge on any atom is -0.463 e. The molecule has 0 aliphatic carbocycles. The lowest BCUT2D eigenvalue weighted by Crippen LogP contribution is -2.67. The number of fused-ring (bicyclic) bond motifs is 1. The van der Waals surface area contributed by atoms with Crippen molar-refractivity contribution in [3.8, 4) is 0 Å². The quantitative estimate of drug-likeness (QED) is 0.106. The normalized spacial score (nSPS) is 29.1. The van der Waals surface area contributed by atoms with Gasteiger partial charge in [-0.25, -0.2) is 0 Å². The summed E-state index contributed by atoms with van der Waals surface area (Å²) in [6, 6.07) is 20.1. The van der Waals surface area contributed by atoms with Crippen molar-refractivity contribution in [1.82, 2.24) is 0 Å². The van der Waals surface area contributed by atoms with E-state index in [4.69, 9.17) is 56.8 Å². The zero-order valence-corrected chi connectivity index (χ0v) is 36.9. The summed E-state index contributed by atoms with van der Waals surface area (Å²) in [4.78, 5) is 49.8. The van der Waals surface area contributed by atoms with E-state index >= 15 is 0 Å². The molecule has 0 aromatic heterocycles. The Labute approximate surface area is 352 Å². The molecule has 11 atom stereocenters. The van der Waals surface area contributed by atoms with Crippen LogP contribution in [-0.4, -0.2) is 125 Å². The molecule has 5 rings (SSSR count). The highest BCUT2D eigenvalue weighted by atomic mass is 28.3. The molecule has 3 aliphatic heterocycles. The zero-order chi connectivity index (χ0) is 43.6. The zero-order valence-electron chi connectivity index (χ0n) is 35.9. The van der Waals surface area contributed by atoms with Gasteiger partial charge >= 0.3 is 23.9 Å². The fourth-order valence-corrected chi connectivity index (χ4v) is 7.91. The number of hydrogen-bond donors (Lipinski definition) is 0. The van der Waals surface area contributed by atoms with E-state index in [0.717, 1.165) is 37.9 Å². The molecule has 16 nitrogen and oxygen atoms in total. The van der Waals surface area contributed by atoms with E-state index in [0.29, 0.717) is 6.61 Å². The third-order valence-corrected chi connectivity index (χ3v) is 11.5. The van der Waals surface area contributed by atoms with Gasteiger partial charge in [-0.15, -0.1) is 0 Å². The number of carbonyl (C=O) groups excluding carboxylic acids is 4. The van der Waals surface area contributed by atoms with Crippen LogP contribution in [-0.2, 0) is 89.2 Å². The van der Waals surface area contributed by atoms with E-state index in [9.17, 15) is 19.2 Å². The lowest BCUT2D eigenvalue weighted by atomic mass is 9.94. The Morgan fingerprint density at radius 2 is 1.25 bits per heavy atom. The molecule has 0 saturated carbocycles. The van der Waals surface area contributed by atoms with Gasteiger partial charge < -0.3 is 56.8 Å². The van der Waals surface area contributed by atoms with Gasteiger partial charge in [-0.05, 0) is 31.0 Å². The van der Waals surface area contributed by atoms with E-state index in [1.807, 2.05) is 60.7 Å². The summed E-state index contributed by atoms with van der Waals surface area (Å²) in [5.41, 5.74) is 1.83. The highest BCUT2D eigenvalue weighted by Gasteiger charge is 2.61. The molecule has 2 aromatic rings. The number of hydrogen-bond acceptors (Lipinski definition) is 16. The SMILES string of the molecule is CC(=O)OC[C@H]1O[C@@H](O[C@H]2[C@@H]3OC(C)(C)O[C@@H]3[C@@H](OCC[Si](C)(C)C)O[C@@H]2[C@H](COCc2ccccc2)OCc2ccccc2)[C@H](OC(C)=O)[C@@H](OC(C)=O)[C@@H]1OC(C)=O. The summed E-state index contributed by atoms with van der Waals surface area (Å²) in [6.45, 7) is 15.3. The van der Waals surface area contributed by atoms with Gasteiger partial charge in [0.15, 0.2) is 36.7 Å². The second kappa shape index (κ2) is 21.3. The second-order valence-corrected chi connectivity index (χ2v) is 22.3. The third kappa shape index (κ3) is 13.9. The first kappa shape index (κ1) is 47.3. The van der Waals surface area contributed by atoms with Crippen LogP contribution in [0, 0.1) is 0 Å². The molecule has 332 valence electrons. The van der Waals surface area contributed by atoms with Gasteiger partial charge in [0.25, 0.3) is 0 Å². The van der Waals surface area contributed by atoms with Crippen molar-refractivity contribution in [1.29, 1.82) is 0 Å². The highest BCUT2D eigenvalue weighted by Crippen LogP contribution is 2.42. The van der Waals surface area contributed by atoms with Crippen LogP contribution in [0.3, 0.4) is 0 Å². The standard InChI is InChI=1S/C43H60O16Si/c1-26(44)50-25-33-35(52-27(2)45)37(53-28(3)46)39(54-29(4)47)42(55-33)57-36-34(56-41(49-20-21-60(7,8)9)40-38(36)58-43(5,6)59-40)32(51-23-31-18-14-11-15-19-31)24-48-22-30-16-12-10-13-17-30/h10-19,32-42H,20-25H2,1-9H3/t32-,33+,34+,35+,36+,37-,38-,39+,40-,41-,42-/m0/s1. The van der Waals surface area contributed by atoms with Crippen LogP contribution < -0.4 is 0 Å². The largest absolute Gasteiger partial charge is 0.463 e. The summed E-state index contributed by atoms with van der Waals surface area (Å²) < 4.78 is 75.0. The number of esters is 4. The van der Waals surface area contributed by atoms with Crippen molar-refractivity contribution in [3.63, 3.8) is 0 Å². The van der Waals surface area contributed by atoms with Crippen LogP contribution in [0.2, 0.25) is 25.7 Å². The van der Waals surface area contributed by atoms with Crippen LogP contribution in [0.15, 0.2) is 60.7 Å². The van der Waals surface area contributed by atoms with Crippen molar-refractivity contribution in [2.75, 3.05) is 19.8 Å². The minimum atomic E-state index is -1.56. The van der Waals surface area contributed by atoms with Crippen molar-refractivity contribution in [2.24, 2.45) is 0 Å². The van der Waals surface area contributed by atoms with Crippen LogP contribution in [0.25, 0.3) is 0 Å². The van der Waals surface area contributed by atoms with Crippen molar-refractivity contribution in [3.05, 3.63) is 71.8 Å². The molecule has 60 heavy (non-hydrogen) atoms. The number of benzene rings is 2. The van der Waals surface area contributed by atoms with Crippen LogP contribution in [0.5, 0.6) is 0 Å². The number of carbonyl (C=O) groups is 4. The number of rotatable bonds is 19. The topological polar surface area (TPSA) is 179 Å². The maximum atomic E-state index is 12.7. The summed E-state index contributed by atoms with van der Waals surface area (Å²) in [7, 11) is -1.54. The monoisotopic (exact) mass is 860 g/mol. The maximum Gasteiger partial charge on any atom is 0.303 e. The van der Waals surface area contributed by atoms with Gasteiger partial charge in [0.05, 0.1) is 19.8 Å². The van der Waals surface area contributed by atoms with E-state index in [1.54, 1.807) is 13.8 Å². The predicted octanol–water partition coefficient (Wildman–Crippen LogP) is 4.86. The summed E-state index contributed by atoms with van der Waals surface area (Å²) >= 11 is 0. The van der Waals surface area contributed by atoms with Crippen molar-refractivity contribution < 1.29 is 76.0 Å². The lowest BCUT2D eigenvalue weighted by molar-refractivity contribution is -0.357. The molecule has 0 unspecified atom stereocenters. The van der Waals surface area contributed by atoms with Crippen molar-refractivity contribution >= 4 is 32.0 Å². The Balaban J connectivity index is 1.58. The second-order valence-electron chi connectivity index (χ2n) is 16.7. The fourth-order valence-electron chi connectivity index (χ4n) is 7.18. The van der Waals surface area contributed by atoms with Crippen LogP contribution in [0.4, 0.5) is 0 Å². The Hall–Kier alpha value is -3.78. The van der Waals surface area contributed by atoms with Crippen LogP contribution >= 0.6 is 0 Å². The van der Waals surface area contributed by atoms with Gasteiger partial charge in [-0.1, -0.05) is 80.3 Å². The molecule has 0 radical (unpaired) electrons. The summed E-state index contributed by atoms with van der Waals surface area (Å²) in [5.74, 6) is -4.11. The Morgan fingerprint density at radius 1 is 0.683 bits per heavy atom. The van der Waals surface area contributed by atoms with E-state index in [1.165, 1.54) is 6.92 Å². The Morgan fingerprint density at radius 3 is 1.83 bits per heavy atom. The molecule has 0 N–H and O–H groups in total. The van der Waals surface area contributed by atoms with Gasteiger partial charge in [-0.3, -0.25) is 19.2 Å². The molecular weight excluding hydrogens is 801 g/mol. The first-order valence-electron chi connectivity index (χ1n) is 20.2. The fraction of sp³-hybridized carbons (Fsp3) is 0.628. The third-order valence-electron chi connectivity index (χ3n) is 9.81. The minimum absolute atomic E-state index is 0.0219. The van der Waals surface area contributed by atoms with Gasteiger partial charge in [0.1, 0.15) is 43.2 Å². The average molecular weight is 861 g/mol.